The lowest BCUT2D eigenvalue weighted by molar-refractivity contribution is -0.119. The van der Waals surface area contributed by atoms with Crippen molar-refractivity contribution in [3.05, 3.63) is 59.7 Å². The third-order valence-corrected chi connectivity index (χ3v) is 5.91. The van der Waals surface area contributed by atoms with Gasteiger partial charge < -0.3 is 15.4 Å². The van der Waals surface area contributed by atoms with Crippen molar-refractivity contribution in [1.29, 1.82) is 0 Å². The van der Waals surface area contributed by atoms with E-state index in [1.807, 2.05) is 25.1 Å². The average molecular weight is 415 g/mol. The maximum Gasteiger partial charge on any atom is 0.237 e. The van der Waals surface area contributed by atoms with Gasteiger partial charge in [0.15, 0.2) is 0 Å². The quantitative estimate of drug-likeness (QED) is 0.696. The Balaban J connectivity index is 1.46. The molecule has 2 N–H and O–H groups in total. The predicted molar refractivity (Wildman–Crippen MR) is 114 cm³/mol. The van der Waals surface area contributed by atoms with Crippen LogP contribution < -0.4 is 15.4 Å². The van der Waals surface area contributed by atoms with Gasteiger partial charge in [0.2, 0.25) is 11.8 Å². The van der Waals surface area contributed by atoms with Gasteiger partial charge in [0.05, 0.1) is 12.6 Å². The summed E-state index contributed by atoms with van der Waals surface area (Å²) in [6.45, 7) is 2.47. The van der Waals surface area contributed by atoms with Gasteiger partial charge >= 0.3 is 0 Å². The largest absolute Gasteiger partial charge is 0.494 e. The third kappa shape index (κ3) is 6.15. The summed E-state index contributed by atoms with van der Waals surface area (Å²) >= 11 is 0. The van der Waals surface area contributed by atoms with Gasteiger partial charge in [0.25, 0.3) is 0 Å². The van der Waals surface area contributed by atoms with Gasteiger partial charge in [-0.25, -0.2) is 0 Å². The van der Waals surface area contributed by atoms with Crippen LogP contribution in [0.5, 0.6) is 5.75 Å². The number of nitrogens with one attached hydrogen (secondary N) is 2. The summed E-state index contributed by atoms with van der Waals surface area (Å²) < 4.78 is 17.6. The van der Waals surface area contributed by atoms with Crippen LogP contribution in [0.2, 0.25) is 0 Å². The molecule has 0 aliphatic heterocycles. The van der Waals surface area contributed by atoms with E-state index in [1.54, 1.807) is 24.3 Å². The van der Waals surface area contributed by atoms with E-state index >= 15 is 0 Å². The summed E-state index contributed by atoms with van der Waals surface area (Å²) in [6, 6.07) is 15.0. The van der Waals surface area contributed by atoms with Gasteiger partial charge in [-0.3, -0.25) is 13.8 Å². The molecular formula is C22H26N2O4S. The number of amides is 2. The summed E-state index contributed by atoms with van der Waals surface area (Å²) in [5.41, 5.74) is 2.98. The van der Waals surface area contributed by atoms with Gasteiger partial charge in [-0.2, -0.15) is 0 Å². The highest BCUT2D eigenvalue weighted by atomic mass is 32.2. The van der Waals surface area contributed by atoms with Gasteiger partial charge in [-0.1, -0.05) is 24.3 Å². The number of ether oxygens (including phenoxy) is 1. The van der Waals surface area contributed by atoms with E-state index < -0.39 is 10.8 Å². The number of rotatable bonds is 8. The molecule has 29 heavy (non-hydrogen) atoms. The predicted octanol–water partition coefficient (Wildman–Crippen LogP) is 2.97. The molecule has 0 spiro atoms. The molecule has 0 radical (unpaired) electrons. The second-order valence-electron chi connectivity index (χ2n) is 6.95. The highest BCUT2D eigenvalue weighted by Crippen LogP contribution is 2.29. The molecule has 2 atom stereocenters. The van der Waals surface area contributed by atoms with E-state index in [0.717, 1.165) is 30.6 Å². The van der Waals surface area contributed by atoms with Crippen LogP contribution in [0.4, 0.5) is 5.69 Å². The lowest BCUT2D eigenvalue weighted by atomic mass is 9.88. The standard InChI is InChI=1S/C22H26N2O4S/c1-2-28-18-12-10-17(11-13-18)23-21(25)14-29(27)15-22(26)24-20-9-5-7-16-6-3-4-8-19(16)20/h3-4,6,8,10-13,20H,2,5,7,9,14-15H2,1H3,(H,23,25)(H,24,26)/t20-,29-/m1/s1. The second-order valence-corrected chi connectivity index (χ2v) is 8.40. The Morgan fingerprint density at radius 3 is 2.55 bits per heavy atom. The maximum absolute atomic E-state index is 12.3. The Kier molecular flexibility index (Phi) is 7.41. The van der Waals surface area contributed by atoms with E-state index in [0.29, 0.717) is 12.3 Å². The van der Waals surface area contributed by atoms with E-state index in [1.165, 1.54) is 5.56 Å². The summed E-state index contributed by atoms with van der Waals surface area (Å²) in [4.78, 5) is 24.4. The molecule has 1 aliphatic carbocycles. The van der Waals surface area contributed by atoms with Crippen molar-refractivity contribution in [3.8, 4) is 5.75 Å². The number of carbonyl (C=O) groups excluding carboxylic acids is 2. The molecule has 0 saturated heterocycles. The Morgan fingerprint density at radius 2 is 1.79 bits per heavy atom. The topological polar surface area (TPSA) is 84.5 Å². The van der Waals surface area contributed by atoms with Gasteiger partial charge in [0.1, 0.15) is 17.3 Å². The molecule has 2 amide bonds. The number of carbonyl (C=O) groups is 2. The monoisotopic (exact) mass is 414 g/mol. The second kappa shape index (κ2) is 10.2. The minimum absolute atomic E-state index is 0.0536. The molecule has 0 unspecified atom stereocenters. The van der Waals surface area contributed by atoms with E-state index in [9.17, 15) is 13.8 Å². The Labute approximate surface area is 173 Å². The zero-order valence-electron chi connectivity index (χ0n) is 16.5. The SMILES string of the molecule is CCOc1ccc(NC(=O)C[S@@](=O)CC(=O)N[C@@H]2CCCc3ccccc32)cc1. The number of benzene rings is 2. The van der Waals surface area contributed by atoms with E-state index in [-0.39, 0.29) is 29.4 Å². The normalized spacial score (nSPS) is 16.4. The summed E-state index contributed by atoms with van der Waals surface area (Å²) in [7, 11) is -1.57. The Bertz CT molecular complexity index is 883. The average Bonchev–Trinajstić information content (AvgIpc) is 2.69. The molecule has 0 aromatic heterocycles. The first-order valence-corrected chi connectivity index (χ1v) is 11.3. The van der Waals surface area contributed by atoms with Crippen LogP contribution in [0, 0.1) is 0 Å². The molecule has 7 heteroatoms. The fraction of sp³-hybridized carbons (Fsp3) is 0.364. The van der Waals surface area contributed by atoms with Crippen molar-refractivity contribution in [3.63, 3.8) is 0 Å². The number of fused-ring (bicyclic) bond motifs is 1. The van der Waals surface area contributed by atoms with Crippen LogP contribution in [0.3, 0.4) is 0 Å². The van der Waals surface area contributed by atoms with Gasteiger partial charge in [-0.15, -0.1) is 0 Å². The van der Waals surface area contributed by atoms with Crippen LogP contribution in [0.15, 0.2) is 48.5 Å². The molecule has 154 valence electrons. The molecule has 2 aromatic carbocycles. The maximum atomic E-state index is 12.3. The van der Waals surface area contributed by atoms with Crippen molar-refractivity contribution in [2.45, 2.75) is 32.2 Å². The smallest absolute Gasteiger partial charge is 0.237 e. The first-order chi connectivity index (χ1) is 14.0. The van der Waals surface area contributed by atoms with Gasteiger partial charge in [0, 0.05) is 16.5 Å². The fourth-order valence-electron chi connectivity index (χ4n) is 3.48. The Morgan fingerprint density at radius 1 is 1.07 bits per heavy atom. The van der Waals surface area contributed by atoms with Crippen molar-refractivity contribution in [1.82, 2.24) is 5.32 Å². The minimum Gasteiger partial charge on any atom is -0.494 e. The number of anilines is 1. The zero-order valence-corrected chi connectivity index (χ0v) is 17.3. The van der Waals surface area contributed by atoms with Crippen LogP contribution >= 0.6 is 0 Å². The minimum atomic E-state index is -1.57. The molecular weight excluding hydrogens is 388 g/mol. The van der Waals surface area contributed by atoms with Gasteiger partial charge in [-0.05, 0) is 61.6 Å². The molecule has 0 saturated carbocycles. The highest BCUT2D eigenvalue weighted by Gasteiger charge is 2.22. The van der Waals surface area contributed by atoms with Crippen molar-refractivity contribution < 1.29 is 18.5 Å². The van der Waals surface area contributed by atoms with E-state index in [2.05, 4.69) is 16.7 Å². The third-order valence-electron chi connectivity index (χ3n) is 4.74. The van der Waals surface area contributed by atoms with Crippen molar-refractivity contribution >= 4 is 28.3 Å². The Hall–Kier alpha value is -2.67. The molecule has 0 heterocycles. The number of hydrogen-bond acceptors (Lipinski definition) is 4. The lowest BCUT2D eigenvalue weighted by Crippen LogP contribution is -2.35. The lowest BCUT2D eigenvalue weighted by Gasteiger charge is -2.26. The molecule has 0 bridgehead atoms. The zero-order chi connectivity index (χ0) is 20.6. The number of hydrogen-bond donors (Lipinski definition) is 2. The molecule has 2 aromatic rings. The molecule has 0 fully saturated rings. The highest BCUT2D eigenvalue weighted by molar-refractivity contribution is 7.86. The first kappa shape index (κ1) is 21.0. The fourth-order valence-corrected chi connectivity index (χ4v) is 4.32. The number of aryl methyl sites for hydroxylation is 1. The van der Waals surface area contributed by atoms with Crippen molar-refractivity contribution in [2.24, 2.45) is 0 Å². The van der Waals surface area contributed by atoms with Crippen LogP contribution in [-0.2, 0) is 26.8 Å². The van der Waals surface area contributed by atoms with Crippen molar-refractivity contribution in [2.75, 3.05) is 23.4 Å². The summed E-state index contributed by atoms with van der Waals surface area (Å²) in [5.74, 6) is -0.366. The molecule has 6 nitrogen and oxygen atoms in total. The first-order valence-electron chi connectivity index (χ1n) is 9.80. The molecule has 3 rings (SSSR count). The van der Waals surface area contributed by atoms with Crippen LogP contribution in [0.1, 0.15) is 36.9 Å². The van der Waals surface area contributed by atoms with Crippen LogP contribution in [0.25, 0.3) is 0 Å². The van der Waals surface area contributed by atoms with E-state index in [4.69, 9.17) is 4.74 Å². The summed E-state index contributed by atoms with van der Waals surface area (Å²) in [5, 5.41) is 5.66. The summed E-state index contributed by atoms with van der Waals surface area (Å²) in [6.07, 6.45) is 2.89. The van der Waals surface area contributed by atoms with Crippen LogP contribution in [-0.4, -0.2) is 34.1 Å². The molecule has 1 aliphatic rings.